The molecule has 5 rings (SSSR count). The lowest BCUT2D eigenvalue weighted by atomic mass is 9.92. The fourth-order valence-electron chi connectivity index (χ4n) is 5.35. The second-order valence-corrected chi connectivity index (χ2v) is 12.1. The summed E-state index contributed by atoms with van der Waals surface area (Å²) in [5, 5.41) is 6.42. The van der Waals surface area contributed by atoms with E-state index in [2.05, 4.69) is 41.8 Å². The normalized spacial score (nSPS) is 18.4. The van der Waals surface area contributed by atoms with E-state index in [1.54, 1.807) is 30.4 Å². The van der Waals surface area contributed by atoms with E-state index in [-0.39, 0.29) is 23.4 Å². The second-order valence-electron chi connectivity index (χ2n) is 9.92. The van der Waals surface area contributed by atoms with Gasteiger partial charge in [-0.25, -0.2) is 13.2 Å². The van der Waals surface area contributed by atoms with Crippen LogP contribution in [0.5, 0.6) is 0 Å². The molecule has 1 unspecified atom stereocenters. The number of hydrogen-bond donors (Lipinski definition) is 2. The lowest BCUT2D eigenvalue weighted by Gasteiger charge is -2.31. The van der Waals surface area contributed by atoms with Crippen molar-refractivity contribution in [2.45, 2.75) is 32.2 Å². The molecule has 3 heterocycles. The Bertz CT molecular complexity index is 1510. The van der Waals surface area contributed by atoms with Gasteiger partial charge in [0.1, 0.15) is 0 Å². The van der Waals surface area contributed by atoms with Gasteiger partial charge in [0.25, 0.3) is 5.56 Å². The van der Waals surface area contributed by atoms with Gasteiger partial charge in [0.2, 0.25) is 0 Å². The molecule has 194 valence electrons. The Labute approximate surface area is 217 Å². The van der Waals surface area contributed by atoms with E-state index >= 15 is 0 Å². The fourth-order valence-corrected chi connectivity index (χ4v) is 6.16. The van der Waals surface area contributed by atoms with Crippen LogP contribution in [-0.2, 0) is 29.7 Å². The molecule has 2 aliphatic heterocycles. The van der Waals surface area contributed by atoms with Crippen LogP contribution in [0.15, 0.2) is 64.7 Å². The average molecular weight is 521 g/mol. The summed E-state index contributed by atoms with van der Waals surface area (Å²) in [4.78, 5) is 28.3. The van der Waals surface area contributed by atoms with Crippen LogP contribution in [0.25, 0.3) is 11.3 Å². The lowest BCUT2D eigenvalue weighted by molar-refractivity contribution is 0.206. The summed E-state index contributed by atoms with van der Waals surface area (Å²) in [6, 6.07) is 9.77. The first-order valence-corrected chi connectivity index (χ1v) is 14.6. The number of sulfone groups is 1. The number of aromatic nitrogens is 1. The van der Waals surface area contributed by atoms with Crippen LogP contribution in [0.3, 0.4) is 0 Å². The Kier molecular flexibility index (Phi) is 6.58. The Morgan fingerprint density at radius 3 is 2.59 bits per heavy atom. The van der Waals surface area contributed by atoms with Crippen molar-refractivity contribution in [3.05, 3.63) is 92.6 Å². The van der Waals surface area contributed by atoms with Crippen LogP contribution in [0.1, 0.15) is 35.6 Å². The molecule has 1 aromatic carbocycles. The minimum atomic E-state index is -3.37. The zero-order valence-electron chi connectivity index (χ0n) is 21.4. The van der Waals surface area contributed by atoms with Crippen molar-refractivity contribution in [3.8, 4) is 0 Å². The van der Waals surface area contributed by atoms with E-state index in [1.165, 1.54) is 16.4 Å². The van der Waals surface area contributed by atoms with Crippen molar-refractivity contribution in [1.29, 1.82) is 0 Å². The summed E-state index contributed by atoms with van der Waals surface area (Å²) in [6.07, 6.45) is 8.86. The Hall–Kier alpha value is -3.59. The van der Waals surface area contributed by atoms with E-state index in [9.17, 15) is 18.0 Å². The third-order valence-corrected chi connectivity index (χ3v) is 8.05. The Balaban J connectivity index is 1.47. The molecule has 0 bridgehead atoms. The predicted molar refractivity (Wildman–Crippen MR) is 146 cm³/mol. The lowest BCUT2D eigenvalue weighted by Crippen LogP contribution is -2.45. The molecule has 1 aliphatic carbocycles. The number of amides is 2. The zero-order chi connectivity index (χ0) is 26.3. The standard InChI is InChI=1S/C28H32N4O4S/c1-4-18-5-7-19(8-6-18)9-12-30-28(34)32-16-20-15-21(17-37(3,35)36)22-11-14-31(2)27(33)25(22)26-24(20)23(32)10-13-29-26/h5-8,11,14-16,23,29H,4,9-10,12-13,17H2,1-3H3,(H,30,34). The minimum Gasteiger partial charge on any atom is -0.384 e. The predicted octanol–water partition coefficient (Wildman–Crippen LogP) is 2.61. The number of benzene rings is 1. The van der Waals surface area contributed by atoms with Gasteiger partial charge in [0, 0.05) is 44.4 Å². The van der Waals surface area contributed by atoms with Gasteiger partial charge in [0.05, 0.1) is 23.1 Å². The smallest absolute Gasteiger partial charge is 0.322 e. The summed E-state index contributed by atoms with van der Waals surface area (Å²) in [7, 11) is -1.68. The molecule has 9 heteroatoms. The molecule has 3 aliphatic rings. The number of hydrogen-bond acceptors (Lipinski definition) is 5. The van der Waals surface area contributed by atoms with Crippen molar-refractivity contribution in [2.24, 2.45) is 7.05 Å². The topological polar surface area (TPSA) is 101 Å². The number of nitrogens with zero attached hydrogens (tertiary/aromatic N) is 2. The van der Waals surface area contributed by atoms with Crippen molar-refractivity contribution in [1.82, 2.24) is 20.1 Å². The van der Waals surface area contributed by atoms with Crippen molar-refractivity contribution in [3.63, 3.8) is 0 Å². The average Bonchev–Trinajstić information content (AvgIpc) is 3.17. The number of rotatable bonds is 6. The molecular weight excluding hydrogens is 488 g/mol. The molecule has 0 fully saturated rings. The Morgan fingerprint density at radius 1 is 1.16 bits per heavy atom. The number of pyridine rings is 1. The van der Waals surface area contributed by atoms with Crippen LogP contribution in [0.2, 0.25) is 0 Å². The van der Waals surface area contributed by atoms with E-state index in [0.29, 0.717) is 41.9 Å². The molecule has 0 saturated carbocycles. The first-order chi connectivity index (χ1) is 17.7. The molecule has 8 nitrogen and oxygen atoms in total. The molecule has 1 aromatic heterocycles. The third kappa shape index (κ3) is 4.87. The van der Waals surface area contributed by atoms with Crippen LogP contribution >= 0.6 is 0 Å². The highest BCUT2D eigenvalue weighted by atomic mass is 32.2. The first-order valence-electron chi connectivity index (χ1n) is 12.6. The highest BCUT2D eigenvalue weighted by Crippen LogP contribution is 2.42. The number of carbonyl (C=O) groups is 1. The molecule has 2 amide bonds. The van der Waals surface area contributed by atoms with Gasteiger partial charge < -0.3 is 15.2 Å². The number of urea groups is 1. The SMILES string of the molecule is CCc1ccc(CCNC(=O)N2C=C3C=C(CS(C)(=O)=O)c4ccn(C)c(=O)c4C4=C3C2CCN4)cc1. The molecule has 37 heavy (non-hydrogen) atoms. The maximum atomic E-state index is 13.3. The van der Waals surface area contributed by atoms with Gasteiger partial charge in [-0.05, 0) is 59.2 Å². The van der Waals surface area contributed by atoms with Crippen molar-refractivity contribution >= 4 is 27.1 Å². The van der Waals surface area contributed by atoms with Crippen LogP contribution < -0.4 is 16.2 Å². The third-order valence-electron chi connectivity index (χ3n) is 7.21. The molecular formula is C28H32N4O4S. The van der Waals surface area contributed by atoms with E-state index in [4.69, 9.17) is 0 Å². The van der Waals surface area contributed by atoms with Gasteiger partial charge in [-0.15, -0.1) is 0 Å². The summed E-state index contributed by atoms with van der Waals surface area (Å²) in [6.45, 7) is 3.22. The van der Waals surface area contributed by atoms with Gasteiger partial charge in [-0.1, -0.05) is 31.2 Å². The number of nitrogens with one attached hydrogen (secondary N) is 2. The molecule has 2 N–H and O–H groups in total. The molecule has 0 radical (unpaired) electrons. The summed E-state index contributed by atoms with van der Waals surface area (Å²) in [5.41, 5.74) is 6.17. The molecule has 0 saturated heterocycles. The van der Waals surface area contributed by atoms with Crippen LogP contribution in [0, 0.1) is 0 Å². The highest BCUT2D eigenvalue weighted by molar-refractivity contribution is 7.91. The second kappa shape index (κ2) is 9.70. The number of carbonyl (C=O) groups excluding carboxylic acids is 1. The molecule has 1 atom stereocenters. The van der Waals surface area contributed by atoms with Crippen molar-refractivity contribution < 1.29 is 13.2 Å². The van der Waals surface area contributed by atoms with E-state index in [1.807, 2.05) is 6.08 Å². The van der Waals surface area contributed by atoms with Gasteiger partial charge in [0.15, 0.2) is 9.84 Å². The van der Waals surface area contributed by atoms with E-state index < -0.39 is 9.84 Å². The molecule has 0 spiro atoms. The fraction of sp³-hybridized carbons (Fsp3) is 0.357. The van der Waals surface area contributed by atoms with Gasteiger partial charge >= 0.3 is 6.03 Å². The summed E-state index contributed by atoms with van der Waals surface area (Å²) >= 11 is 0. The number of aryl methyl sites for hydroxylation is 2. The maximum Gasteiger partial charge on any atom is 0.322 e. The number of allylic oxidation sites excluding steroid dienone is 1. The highest BCUT2D eigenvalue weighted by Gasteiger charge is 2.40. The van der Waals surface area contributed by atoms with Gasteiger partial charge in [-0.2, -0.15) is 0 Å². The maximum absolute atomic E-state index is 13.3. The zero-order valence-corrected chi connectivity index (χ0v) is 22.2. The van der Waals surface area contributed by atoms with Crippen molar-refractivity contribution in [2.75, 3.05) is 25.1 Å². The monoisotopic (exact) mass is 520 g/mol. The Morgan fingerprint density at radius 2 is 1.89 bits per heavy atom. The summed E-state index contributed by atoms with van der Waals surface area (Å²) in [5.74, 6) is -0.196. The molecule has 2 aromatic rings. The van der Waals surface area contributed by atoms with Crippen LogP contribution in [-0.4, -0.2) is 55.1 Å². The largest absolute Gasteiger partial charge is 0.384 e. The van der Waals surface area contributed by atoms with Gasteiger partial charge in [-0.3, -0.25) is 9.69 Å². The first kappa shape index (κ1) is 25.1. The number of fused-ring (bicyclic) bond motifs is 2. The van der Waals surface area contributed by atoms with Crippen LogP contribution in [0.4, 0.5) is 4.79 Å². The summed E-state index contributed by atoms with van der Waals surface area (Å²) < 4.78 is 26.1. The minimum absolute atomic E-state index is 0.196. The van der Waals surface area contributed by atoms with E-state index in [0.717, 1.165) is 29.6 Å². The quantitative estimate of drug-likeness (QED) is 0.610.